The van der Waals surface area contributed by atoms with Gasteiger partial charge in [-0.1, -0.05) is 18.5 Å². The van der Waals surface area contributed by atoms with Crippen LogP contribution in [0.3, 0.4) is 0 Å². The normalized spacial score (nSPS) is 10.8. The van der Waals surface area contributed by atoms with Crippen molar-refractivity contribution in [3.63, 3.8) is 0 Å². The first-order chi connectivity index (χ1) is 5.81. The summed E-state index contributed by atoms with van der Waals surface area (Å²) in [5, 5.41) is 0.506. The molecule has 0 saturated carbocycles. The highest BCUT2D eigenvalue weighted by molar-refractivity contribution is 6.29. The van der Waals surface area contributed by atoms with Crippen LogP contribution >= 0.6 is 11.6 Å². The van der Waals surface area contributed by atoms with Crippen LogP contribution in [0.15, 0.2) is 12.4 Å². The molecule has 0 fully saturated rings. The maximum absolute atomic E-state index is 5.79. The van der Waals surface area contributed by atoms with Crippen molar-refractivity contribution in [2.45, 2.75) is 13.3 Å². The second-order valence-electron chi connectivity index (χ2n) is 2.56. The molecule has 0 bridgehead atoms. The molecule has 2 aromatic rings. The molecule has 62 valence electrons. The largest absolute Gasteiger partial charge is 0.343 e. The van der Waals surface area contributed by atoms with E-state index >= 15 is 0 Å². The third-order valence-corrected chi connectivity index (χ3v) is 2.02. The Kier molecular flexibility index (Phi) is 1.73. The van der Waals surface area contributed by atoms with Gasteiger partial charge in [0.1, 0.15) is 5.15 Å². The Morgan fingerprint density at radius 1 is 1.58 bits per heavy atom. The summed E-state index contributed by atoms with van der Waals surface area (Å²) < 4.78 is 0. The first-order valence-corrected chi connectivity index (χ1v) is 4.17. The molecule has 2 aromatic heterocycles. The molecule has 0 radical (unpaired) electrons. The number of aryl methyl sites for hydroxylation is 1. The van der Waals surface area contributed by atoms with Crippen LogP contribution in [-0.2, 0) is 6.42 Å². The van der Waals surface area contributed by atoms with Gasteiger partial charge in [-0.15, -0.1) is 0 Å². The number of fused-ring (bicyclic) bond motifs is 1. The van der Waals surface area contributed by atoms with E-state index in [1.165, 1.54) is 0 Å². The van der Waals surface area contributed by atoms with Crippen LogP contribution in [0, 0.1) is 0 Å². The van der Waals surface area contributed by atoms with Gasteiger partial charge in [-0.2, -0.15) is 0 Å². The molecule has 2 rings (SSSR count). The topological polar surface area (TPSA) is 41.6 Å². The fourth-order valence-electron chi connectivity index (χ4n) is 1.24. The lowest BCUT2D eigenvalue weighted by Crippen LogP contribution is -1.86. The average Bonchev–Trinajstić information content (AvgIpc) is 2.50. The van der Waals surface area contributed by atoms with Crippen molar-refractivity contribution in [2.24, 2.45) is 0 Å². The number of aromatic amines is 1. The zero-order valence-corrected chi connectivity index (χ0v) is 7.39. The summed E-state index contributed by atoms with van der Waals surface area (Å²) in [4.78, 5) is 11.1. The lowest BCUT2D eigenvalue weighted by molar-refractivity contribution is 1.14. The van der Waals surface area contributed by atoms with Gasteiger partial charge in [-0.25, -0.2) is 9.97 Å². The van der Waals surface area contributed by atoms with Gasteiger partial charge < -0.3 is 4.98 Å². The zero-order valence-electron chi connectivity index (χ0n) is 6.63. The molecular formula is C8H8ClN3. The Balaban J connectivity index is 2.80. The van der Waals surface area contributed by atoms with E-state index < -0.39 is 0 Å². The molecule has 0 aliphatic rings. The van der Waals surface area contributed by atoms with Crippen molar-refractivity contribution >= 4 is 22.8 Å². The molecule has 0 aliphatic carbocycles. The number of rotatable bonds is 1. The smallest absolute Gasteiger partial charge is 0.179 e. The molecule has 0 unspecified atom stereocenters. The lowest BCUT2D eigenvalue weighted by Gasteiger charge is -1.97. The molecule has 0 saturated heterocycles. The first-order valence-electron chi connectivity index (χ1n) is 3.79. The van der Waals surface area contributed by atoms with E-state index in [1.807, 2.05) is 6.07 Å². The highest BCUT2D eigenvalue weighted by atomic mass is 35.5. The molecule has 0 spiro atoms. The Hall–Kier alpha value is -1.09. The first kappa shape index (κ1) is 7.55. The molecular weight excluding hydrogens is 174 g/mol. The molecule has 1 N–H and O–H groups in total. The monoisotopic (exact) mass is 181 g/mol. The molecule has 0 amide bonds. The van der Waals surface area contributed by atoms with Crippen LogP contribution in [0.2, 0.25) is 5.15 Å². The number of nitrogens with one attached hydrogen (secondary N) is 1. The maximum atomic E-state index is 5.79. The summed E-state index contributed by atoms with van der Waals surface area (Å²) in [6.07, 6.45) is 2.56. The Morgan fingerprint density at radius 3 is 3.17 bits per heavy atom. The highest BCUT2D eigenvalue weighted by Crippen LogP contribution is 2.17. The van der Waals surface area contributed by atoms with E-state index in [2.05, 4.69) is 21.9 Å². The number of H-pyrrole nitrogens is 1. The van der Waals surface area contributed by atoms with Crippen molar-refractivity contribution in [3.05, 3.63) is 23.1 Å². The quantitative estimate of drug-likeness (QED) is 0.686. The van der Waals surface area contributed by atoms with Crippen LogP contribution in [0.4, 0.5) is 0 Å². The van der Waals surface area contributed by atoms with Gasteiger partial charge in [-0.3, -0.25) is 0 Å². The fraction of sp³-hybridized carbons (Fsp3) is 0.250. The van der Waals surface area contributed by atoms with Gasteiger partial charge in [0.15, 0.2) is 5.65 Å². The van der Waals surface area contributed by atoms with Crippen molar-refractivity contribution in [2.75, 3.05) is 0 Å². The summed E-state index contributed by atoms with van der Waals surface area (Å²) >= 11 is 5.79. The lowest BCUT2D eigenvalue weighted by atomic mass is 10.2. The van der Waals surface area contributed by atoms with Gasteiger partial charge in [0.2, 0.25) is 0 Å². The summed E-state index contributed by atoms with van der Waals surface area (Å²) in [5.74, 6) is 0. The standard InChI is InChI=1S/C8H8ClN3/c1-2-5-3-6(9)12-8-7(5)10-4-11-8/h3-4H,2H2,1H3,(H,10,11,12). The number of halogens is 1. The second-order valence-corrected chi connectivity index (χ2v) is 2.95. The Morgan fingerprint density at radius 2 is 2.42 bits per heavy atom. The van der Waals surface area contributed by atoms with E-state index in [0.717, 1.165) is 17.5 Å². The predicted molar refractivity (Wildman–Crippen MR) is 48.3 cm³/mol. The molecule has 0 aliphatic heterocycles. The molecule has 0 atom stereocenters. The number of hydrogen-bond acceptors (Lipinski definition) is 2. The van der Waals surface area contributed by atoms with E-state index in [1.54, 1.807) is 6.33 Å². The van der Waals surface area contributed by atoms with Crippen LogP contribution in [0.5, 0.6) is 0 Å². The summed E-state index contributed by atoms with van der Waals surface area (Å²) in [7, 11) is 0. The fourth-order valence-corrected chi connectivity index (χ4v) is 1.45. The minimum atomic E-state index is 0.506. The van der Waals surface area contributed by atoms with Gasteiger partial charge in [0, 0.05) is 0 Å². The van der Waals surface area contributed by atoms with Crippen molar-refractivity contribution in [3.8, 4) is 0 Å². The summed E-state index contributed by atoms with van der Waals surface area (Å²) in [6.45, 7) is 2.08. The molecule has 0 aromatic carbocycles. The van der Waals surface area contributed by atoms with Crippen LogP contribution in [0.1, 0.15) is 12.5 Å². The van der Waals surface area contributed by atoms with Gasteiger partial charge in [0.05, 0.1) is 11.8 Å². The zero-order chi connectivity index (χ0) is 8.55. The minimum Gasteiger partial charge on any atom is -0.343 e. The van der Waals surface area contributed by atoms with E-state index in [0.29, 0.717) is 10.8 Å². The number of hydrogen-bond donors (Lipinski definition) is 1. The van der Waals surface area contributed by atoms with Gasteiger partial charge in [0.25, 0.3) is 0 Å². The number of pyridine rings is 1. The number of nitrogens with zero attached hydrogens (tertiary/aromatic N) is 2. The Labute approximate surface area is 74.8 Å². The number of aromatic nitrogens is 3. The summed E-state index contributed by atoms with van der Waals surface area (Å²) in [5.41, 5.74) is 2.84. The molecule has 3 nitrogen and oxygen atoms in total. The van der Waals surface area contributed by atoms with Crippen LogP contribution in [-0.4, -0.2) is 15.0 Å². The third-order valence-electron chi connectivity index (χ3n) is 1.83. The van der Waals surface area contributed by atoms with Crippen LogP contribution in [0.25, 0.3) is 11.2 Å². The van der Waals surface area contributed by atoms with Crippen LogP contribution < -0.4 is 0 Å². The third kappa shape index (κ3) is 1.06. The number of imidazole rings is 1. The second kappa shape index (κ2) is 2.75. The van der Waals surface area contributed by atoms with Crippen molar-refractivity contribution in [1.82, 2.24) is 15.0 Å². The predicted octanol–water partition coefficient (Wildman–Crippen LogP) is 2.17. The van der Waals surface area contributed by atoms with E-state index in [4.69, 9.17) is 11.6 Å². The maximum Gasteiger partial charge on any atom is 0.179 e. The van der Waals surface area contributed by atoms with E-state index in [9.17, 15) is 0 Å². The van der Waals surface area contributed by atoms with E-state index in [-0.39, 0.29) is 0 Å². The van der Waals surface area contributed by atoms with Gasteiger partial charge >= 0.3 is 0 Å². The molecule has 12 heavy (non-hydrogen) atoms. The Bertz CT molecular complexity index is 408. The minimum absolute atomic E-state index is 0.506. The average molecular weight is 182 g/mol. The van der Waals surface area contributed by atoms with Gasteiger partial charge in [-0.05, 0) is 18.1 Å². The molecule has 4 heteroatoms. The summed E-state index contributed by atoms with van der Waals surface area (Å²) in [6, 6.07) is 1.86. The highest BCUT2D eigenvalue weighted by Gasteiger charge is 2.04. The SMILES string of the molecule is CCc1cc(Cl)nc2nc[nH]c12. The van der Waals surface area contributed by atoms with Crippen molar-refractivity contribution in [1.29, 1.82) is 0 Å². The van der Waals surface area contributed by atoms with Crippen molar-refractivity contribution < 1.29 is 0 Å². The molecule has 2 heterocycles.